The third kappa shape index (κ3) is 4.29. The van der Waals surface area contributed by atoms with E-state index in [-0.39, 0.29) is 11.7 Å². The number of hydrogen-bond acceptors (Lipinski definition) is 4. The van der Waals surface area contributed by atoms with Gasteiger partial charge in [-0.05, 0) is 36.8 Å². The number of rotatable bonds is 6. The zero-order valence-electron chi connectivity index (χ0n) is 13.6. The molecule has 0 atom stereocenters. The largest absolute Gasteiger partial charge is 0.488 e. The quantitative estimate of drug-likeness (QED) is 0.663. The fourth-order valence-electron chi connectivity index (χ4n) is 2.26. The highest BCUT2D eigenvalue weighted by Crippen LogP contribution is 2.23. The van der Waals surface area contributed by atoms with Crippen molar-refractivity contribution in [1.29, 1.82) is 0 Å². The summed E-state index contributed by atoms with van der Waals surface area (Å²) >= 11 is 0. The number of hydrogen-bond donors (Lipinski definition) is 1. The smallest absolute Gasteiger partial charge is 0.272 e. The Kier molecular flexibility index (Phi) is 5.06. The maximum Gasteiger partial charge on any atom is 0.272 e. The highest BCUT2D eigenvalue weighted by atomic mass is 19.3. The summed E-state index contributed by atoms with van der Waals surface area (Å²) in [6.07, 6.45) is -1.24. The van der Waals surface area contributed by atoms with Crippen LogP contribution in [-0.2, 0) is 0 Å². The van der Waals surface area contributed by atoms with Crippen LogP contribution in [0.25, 0.3) is 5.69 Å². The van der Waals surface area contributed by atoms with Crippen molar-refractivity contribution in [2.24, 2.45) is 0 Å². The average Bonchev–Trinajstić information content (AvgIpc) is 3.03. The zero-order valence-corrected chi connectivity index (χ0v) is 13.6. The normalized spacial score (nSPS) is 11.0. The van der Waals surface area contributed by atoms with Crippen LogP contribution in [-0.4, -0.2) is 27.8 Å². The van der Waals surface area contributed by atoms with Gasteiger partial charge in [-0.3, -0.25) is 0 Å². The first-order valence-electron chi connectivity index (χ1n) is 7.57. The zero-order chi connectivity index (χ0) is 18.7. The van der Waals surface area contributed by atoms with Crippen LogP contribution in [0.3, 0.4) is 0 Å². The standard InChI is InChI=1S/C17H14F4N4O/c1-10-4-11(6-13(5-10)26-8-16(20)21)23-17-22-9-25(24-17)12-2-3-14(18)15(19)7-12/h2-7,9,16H,8H2,1H3,(H,23,24). The molecule has 5 nitrogen and oxygen atoms in total. The van der Waals surface area contributed by atoms with Crippen LogP contribution in [0.1, 0.15) is 5.56 Å². The van der Waals surface area contributed by atoms with Gasteiger partial charge in [-0.1, -0.05) is 0 Å². The van der Waals surface area contributed by atoms with Crippen molar-refractivity contribution in [3.05, 3.63) is 59.9 Å². The molecule has 0 radical (unpaired) electrons. The molecule has 3 rings (SSSR count). The van der Waals surface area contributed by atoms with E-state index in [1.165, 1.54) is 23.1 Å². The molecular formula is C17H14F4N4O. The van der Waals surface area contributed by atoms with Crippen molar-refractivity contribution in [3.8, 4) is 11.4 Å². The van der Waals surface area contributed by atoms with Gasteiger partial charge in [0.15, 0.2) is 11.6 Å². The Balaban J connectivity index is 1.77. The van der Waals surface area contributed by atoms with E-state index >= 15 is 0 Å². The Morgan fingerprint density at radius 1 is 1.12 bits per heavy atom. The Hall–Kier alpha value is -3.10. The Labute approximate surface area is 146 Å². The minimum atomic E-state index is -2.57. The highest BCUT2D eigenvalue weighted by molar-refractivity contribution is 5.57. The molecule has 26 heavy (non-hydrogen) atoms. The van der Waals surface area contributed by atoms with Crippen molar-refractivity contribution in [2.45, 2.75) is 13.3 Å². The van der Waals surface area contributed by atoms with Crippen molar-refractivity contribution in [1.82, 2.24) is 14.8 Å². The van der Waals surface area contributed by atoms with Crippen LogP contribution >= 0.6 is 0 Å². The highest BCUT2D eigenvalue weighted by Gasteiger charge is 2.09. The molecule has 0 bridgehead atoms. The molecule has 0 fully saturated rings. The first-order valence-corrected chi connectivity index (χ1v) is 7.57. The van der Waals surface area contributed by atoms with Gasteiger partial charge in [0, 0.05) is 17.8 Å². The SMILES string of the molecule is Cc1cc(Nc2ncn(-c3ccc(F)c(F)c3)n2)cc(OCC(F)F)c1. The molecule has 0 saturated heterocycles. The van der Waals surface area contributed by atoms with Gasteiger partial charge < -0.3 is 10.1 Å². The molecule has 0 saturated carbocycles. The van der Waals surface area contributed by atoms with Crippen LogP contribution in [0, 0.1) is 18.6 Å². The number of halogens is 4. The second-order valence-electron chi connectivity index (χ2n) is 5.47. The number of anilines is 2. The predicted molar refractivity (Wildman–Crippen MR) is 87.2 cm³/mol. The van der Waals surface area contributed by atoms with E-state index in [2.05, 4.69) is 15.4 Å². The van der Waals surface area contributed by atoms with E-state index < -0.39 is 24.7 Å². The lowest BCUT2D eigenvalue weighted by Gasteiger charge is -2.09. The summed E-state index contributed by atoms with van der Waals surface area (Å²) in [7, 11) is 0. The van der Waals surface area contributed by atoms with Crippen molar-refractivity contribution < 1.29 is 22.3 Å². The van der Waals surface area contributed by atoms with E-state index in [4.69, 9.17) is 4.74 Å². The summed E-state index contributed by atoms with van der Waals surface area (Å²) < 4.78 is 57.2. The third-order valence-electron chi connectivity index (χ3n) is 3.34. The Morgan fingerprint density at radius 2 is 1.92 bits per heavy atom. The van der Waals surface area contributed by atoms with Gasteiger partial charge in [0.05, 0.1) is 5.69 Å². The summed E-state index contributed by atoms with van der Waals surface area (Å²) in [4.78, 5) is 4.04. The Morgan fingerprint density at radius 3 is 2.65 bits per heavy atom. The fourth-order valence-corrected chi connectivity index (χ4v) is 2.26. The maximum absolute atomic E-state index is 13.3. The third-order valence-corrected chi connectivity index (χ3v) is 3.34. The molecule has 3 aromatic rings. The molecule has 2 aromatic carbocycles. The molecule has 0 spiro atoms. The number of alkyl halides is 2. The second-order valence-corrected chi connectivity index (χ2v) is 5.47. The molecule has 0 aliphatic rings. The maximum atomic E-state index is 13.3. The lowest BCUT2D eigenvalue weighted by atomic mass is 10.2. The van der Waals surface area contributed by atoms with Gasteiger partial charge in [-0.2, -0.15) is 4.98 Å². The minimum absolute atomic E-state index is 0.195. The molecular weight excluding hydrogens is 352 g/mol. The summed E-state index contributed by atoms with van der Waals surface area (Å²) in [5, 5.41) is 7.04. The summed E-state index contributed by atoms with van der Waals surface area (Å²) in [6, 6.07) is 8.27. The molecule has 1 aromatic heterocycles. The van der Waals surface area contributed by atoms with Crippen LogP contribution in [0.4, 0.5) is 29.2 Å². The summed E-state index contributed by atoms with van der Waals surface area (Å²) in [5.41, 5.74) is 1.63. The van der Waals surface area contributed by atoms with Gasteiger partial charge >= 0.3 is 0 Å². The molecule has 136 valence electrons. The van der Waals surface area contributed by atoms with Crippen LogP contribution in [0.2, 0.25) is 0 Å². The van der Waals surface area contributed by atoms with E-state index in [9.17, 15) is 17.6 Å². The van der Waals surface area contributed by atoms with Crippen LogP contribution < -0.4 is 10.1 Å². The Bertz CT molecular complexity index is 914. The molecule has 0 amide bonds. The minimum Gasteiger partial charge on any atom is -0.488 e. The van der Waals surface area contributed by atoms with Gasteiger partial charge in [-0.25, -0.2) is 22.2 Å². The molecule has 1 heterocycles. The fraction of sp³-hybridized carbons (Fsp3) is 0.176. The lowest BCUT2D eigenvalue weighted by molar-refractivity contribution is 0.0819. The molecule has 9 heteroatoms. The van der Waals surface area contributed by atoms with E-state index in [1.807, 2.05) is 0 Å². The van der Waals surface area contributed by atoms with Crippen molar-refractivity contribution >= 4 is 11.6 Å². The number of aromatic nitrogens is 3. The van der Waals surface area contributed by atoms with Crippen LogP contribution in [0.15, 0.2) is 42.7 Å². The van der Waals surface area contributed by atoms with E-state index in [0.717, 1.165) is 17.7 Å². The second kappa shape index (κ2) is 7.42. The van der Waals surface area contributed by atoms with Gasteiger partial charge in [-0.15, -0.1) is 5.10 Å². The lowest BCUT2D eigenvalue weighted by Crippen LogP contribution is -2.07. The van der Waals surface area contributed by atoms with Crippen molar-refractivity contribution in [3.63, 3.8) is 0 Å². The van der Waals surface area contributed by atoms with Crippen molar-refractivity contribution in [2.75, 3.05) is 11.9 Å². The topological polar surface area (TPSA) is 52.0 Å². The van der Waals surface area contributed by atoms with E-state index in [0.29, 0.717) is 11.4 Å². The number of nitrogens with one attached hydrogen (secondary N) is 1. The number of ether oxygens (including phenoxy) is 1. The van der Waals surface area contributed by atoms with E-state index in [1.54, 1.807) is 19.1 Å². The van der Waals surface area contributed by atoms with Gasteiger partial charge in [0.2, 0.25) is 5.95 Å². The first kappa shape index (κ1) is 17.7. The molecule has 0 unspecified atom stereocenters. The molecule has 1 N–H and O–H groups in total. The van der Waals surface area contributed by atoms with Gasteiger partial charge in [0.1, 0.15) is 18.7 Å². The summed E-state index contributed by atoms with van der Waals surface area (Å²) in [6.45, 7) is 1.08. The number of nitrogens with zero attached hydrogens (tertiary/aromatic N) is 3. The average molecular weight is 366 g/mol. The number of benzene rings is 2. The molecule has 0 aliphatic carbocycles. The monoisotopic (exact) mass is 366 g/mol. The molecule has 0 aliphatic heterocycles. The van der Waals surface area contributed by atoms with Crippen LogP contribution in [0.5, 0.6) is 5.75 Å². The predicted octanol–water partition coefficient (Wildman–Crippen LogP) is 4.24. The first-order chi connectivity index (χ1) is 12.4. The van der Waals surface area contributed by atoms with Gasteiger partial charge in [0.25, 0.3) is 6.43 Å². The summed E-state index contributed by atoms with van der Waals surface area (Å²) in [5.74, 6) is -1.47. The number of aryl methyl sites for hydroxylation is 1.